The molecule has 1 aromatic carbocycles. The minimum atomic E-state index is -0.0147. The third-order valence-electron chi connectivity index (χ3n) is 5.67. The van der Waals surface area contributed by atoms with Gasteiger partial charge in [-0.15, -0.1) is 0 Å². The van der Waals surface area contributed by atoms with Crippen LogP contribution in [-0.2, 0) is 6.42 Å². The van der Waals surface area contributed by atoms with Crippen molar-refractivity contribution >= 4 is 32.7 Å². The number of carbonyl (C=O) groups is 1. The molecule has 3 atom stereocenters. The van der Waals surface area contributed by atoms with Crippen LogP contribution in [0.15, 0.2) is 12.1 Å². The van der Waals surface area contributed by atoms with Gasteiger partial charge in [0.05, 0.1) is 28.9 Å². The van der Waals surface area contributed by atoms with E-state index in [4.69, 9.17) is 9.72 Å². The third kappa shape index (κ3) is 1.91. The maximum Gasteiger partial charge on any atom is 0.324 e. The third-order valence-corrected chi connectivity index (χ3v) is 6.69. The second-order valence-corrected chi connectivity index (χ2v) is 7.92. The lowest BCUT2D eigenvalue weighted by Gasteiger charge is -2.39. The summed E-state index contributed by atoms with van der Waals surface area (Å²) in [5.74, 6) is 0.941. The van der Waals surface area contributed by atoms with E-state index in [1.54, 1.807) is 11.3 Å². The maximum atomic E-state index is 12.6. The van der Waals surface area contributed by atoms with Crippen LogP contribution in [0.1, 0.15) is 18.9 Å². The Morgan fingerprint density at radius 3 is 3.17 bits per heavy atom. The number of nitrogens with zero attached hydrogens (tertiary/aromatic N) is 3. The molecule has 1 aromatic heterocycles. The summed E-state index contributed by atoms with van der Waals surface area (Å²) in [5.41, 5.74) is 2.19. The van der Waals surface area contributed by atoms with Gasteiger partial charge in [-0.25, -0.2) is 9.78 Å². The molecular formula is C17H20N4O2S. The van der Waals surface area contributed by atoms with Crippen molar-refractivity contribution in [3.8, 4) is 5.75 Å². The number of hydrogen-bond acceptors (Lipinski definition) is 5. The number of thiazole rings is 1. The number of likely N-dealkylation sites (N-methyl/N-ethyl adjacent to an activating group) is 1. The van der Waals surface area contributed by atoms with Gasteiger partial charge >= 0.3 is 6.03 Å². The first-order valence-corrected chi connectivity index (χ1v) is 9.30. The summed E-state index contributed by atoms with van der Waals surface area (Å²) in [6.45, 7) is 3.91. The standard InChI is InChI=1S/C17H20N4O2S/c1-9-14-11(5-7-20(9)2)21(16(22)18-14)17-19-15-10-6-8-23-12(10)3-4-13(15)24-17/h3-4,9,11,14H,5-8H2,1-2H3,(H,18,22)/t9-,11?,14+/m0/s1. The molecule has 2 aromatic rings. The number of anilines is 1. The Kier molecular flexibility index (Phi) is 3.06. The van der Waals surface area contributed by atoms with Crippen LogP contribution in [0.4, 0.5) is 9.93 Å². The van der Waals surface area contributed by atoms with E-state index in [1.165, 1.54) is 5.56 Å². The number of amides is 2. The van der Waals surface area contributed by atoms with Crippen LogP contribution >= 0.6 is 11.3 Å². The first kappa shape index (κ1) is 14.5. The summed E-state index contributed by atoms with van der Waals surface area (Å²) in [7, 11) is 2.12. The zero-order chi connectivity index (χ0) is 16.4. The van der Waals surface area contributed by atoms with E-state index in [1.807, 2.05) is 11.0 Å². The predicted octanol–water partition coefficient (Wildman–Crippen LogP) is 2.22. The Labute approximate surface area is 144 Å². The molecule has 0 radical (unpaired) electrons. The van der Waals surface area contributed by atoms with Crippen molar-refractivity contribution in [3.63, 3.8) is 0 Å². The summed E-state index contributed by atoms with van der Waals surface area (Å²) in [6.07, 6.45) is 1.87. The highest BCUT2D eigenvalue weighted by atomic mass is 32.1. The zero-order valence-corrected chi connectivity index (χ0v) is 14.6. The second-order valence-electron chi connectivity index (χ2n) is 6.91. The molecule has 5 rings (SSSR count). The molecule has 4 heterocycles. The molecule has 2 amide bonds. The molecule has 0 bridgehead atoms. The summed E-state index contributed by atoms with van der Waals surface area (Å²) < 4.78 is 6.77. The lowest BCUT2D eigenvalue weighted by atomic mass is 9.94. The first-order chi connectivity index (χ1) is 11.6. The average Bonchev–Trinajstić information content (AvgIpc) is 3.25. The fourth-order valence-electron chi connectivity index (χ4n) is 4.17. The van der Waals surface area contributed by atoms with Crippen molar-refractivity contribution in [3.05, 3.63) is 17.7 Å². The Balaban J connectivity index is 1.56. The van der Waals surface area contributed by atoms with Crippen LogP contribution < -0.4 is 15.0 Å². The minimum absolute atomic E-state index is 0.0147. The summed E-state index contributed by atoms with van der Waals surface area (Å²) in [4.78, 5) is 21.7. The van der Waals surface area contributed by atoms with Crippen LogP contribution in [0.2, 0.25) is 0 Å². The van der Waals surface area contributed by atoms with Crippen LogP contribution in [0.5, 0.6) is 5.75 Å². The van der Waals surface area contributed by atoms with Gasteiger partial charge in [0.25, 0.3) is 0 Å². The lowest BCUT2D eigenvalue weighted by Crippen LogP contribution is -2.55. The molecule has 0 spiro atoms. The highest BCUT2D eigenvalue weighted by molar-refractivity contribution is 7.22. The van der Waals surface area contributed by atoms with Crippen LogP contribution in [0.25, 0.3) is 10.2 Å². The first-order valence-electron chi connectivity index (χ1n) is 8.48. The van der Waals surface area contributed by atoms with E-state index in [-0.39, 0.29) is 18.1 Å². The highest BCUT2D eigenvalue weighted by Crippen LogP contribution is 2.40. The number of benzene rings is 1. The zero-order valence-electron chi connectivity index (χ0n) is 13.8. The quantitative estimate of drug-likeness (QED) is 0.862. The summed E-state index contributed by atoms with van der Waals surface area (Å²) in [6, 6.07) is 4.76. The molecule has 3 aliphatic heterocycles. The van der Waals surface area contributed by atoms with E-state index in [0.29, 0.717) is 6.04 Å². The molecule has 126 valence electrons. The van der Waals surface area contributed by atoms with E-state index in [0.717, 1.165) is 47.1 Å². The molecule has 1 N–H and O–H groups in total. The van der Waals surface area contributed by atoms with Crippen LogP contribution in [-0.4, -0.2) is 54.2 Å². The second kappa shape index (κ2) is 5.07. The predicted molar refractivity (Wildman–Crippen MR) is 94.1 cm³/mol. The van der Waals surface area contributed by atoms with Gasteiger partial charge in [0.2, 0.25) is 0 Å². The molecule has 1 unspecified atom stereocenters. The maximum absolute atomic E-state index is 12.6. The molecule has 7 heteroatoms. The lowest BCUT2D eigenvalue weighted by molar-refractivity contribution is 0.158. The number of hydrogen-bond donors (Lipinski definition) is 1. The Morgan fingerprint density at radius 1 is 1.42 bits per heavy atom. The van der Waals surface area contributed by atoms with Gasteiger partial charge in [-0.2, -0.15) is 0 Å². The molecule has 2 saturated heterocycles. The number of aromatic nitrogens is 1. The van der Waals surface area contributed by atoms with Gasteiger partial charge in [-0.05, 0) is 32.5 Å². The van der Waals surface area contributed by atoms with Crippen molar-refractivity contribution in [1.29, 1.82) is 0 Å². The van der Waals surface area contributed by atoms with Crippen molar-refractivity contribution in [2.75, 3.05) is 25.1 Å². The Hall–Kier alpha value is -1.86. The highest BCUT2D eigenvalue weighted by Gasteiger charge is 2.47. The average molecular weight is 344 g/mol. The smallest absolute Gasteiger partial charge is 0.324 e. The summed E-state index contributed by atoms with van der Waals surface area (Å²) >= 11 is 1.61. The van der Waals surface area contributed by atoms with Gasteiger partial charge in [0.1, 0.15) is 5.75 Å². The van der Waals surface area contributed by atoms with Crippen LogP contribution in [0, 0.1) is 0 Å². The molecule has 2 fully saturated rings. The Morgan fingerprint density at radius 2 is 2.29 bits per heavy atom. The number of rotatable bonds is 1. The summed E-state index contributed by atoms with van der Waals surface area (Å²) in [5, 5.41) is 3.98. The fourth-order valence-corrected chi connectivity index (χ4v) is 5.23. The largest absolute Gasteiger partial charge is 0.493 e. The number of urea groups is 1. The number of likely N-dealkylation sites (tertiary alicyclic amines) is 1. The monoisotopic (exact) mass is 344 g/mol. The minimum Gasteiger partial charge on any atom is -0.493 e. The van der Waals surface area contributed by atoms with Crippen molar-refractivity contribution in [1.82, 2.24) is 15.2 Å². The molecule has 24 heavy (non-hydrogen) atoms. The molecule has 0 saturated carbocycles. The number of piperidine rings is 1. The van der Waals surface area contributed by atoms with Crippen molar-refractivity contribution < 1.29 is 9.53 Å². The number of ether oxygens (including phenoxy) is 1. The molecule has 3 aliphatic rings. The Bertz CT molecular complexity index is 835. The van der Waals surface area contributed by atoms with Crippen molar-refractivity contribution in [2.45, 2.75) is 37.9 Å². The number of fused-ring (bicyclic) bond motifs is 4. The van der Waals surface area contributed by atoms with Gasteiger partial charge in [-0.1, -0.05) is 11.3 Å². The topological polar surface area (TPSA) is 57.7 Å². The van der Waals surface area contributed by atoms with Gasteiger partial charge in [0.15, 0.2) is 5.13 Å². The van der Waals surface area contributed by atoms with Gasteiger partial charge in [-0.3, -0.25) is 4.90 Å². The van der Waals surface area contributed by atoms with Gasteiger partial charge in [0, 0.05) is 24.6 Å². The normalized spacial score (nSPS) is 29.5. The molecule has 6 nitrogen and oxygen atoms in total. The van der Waals surface area contributed by atoms with E-state index >= 15 is 0 Å². The fraction of sp³-hybridized carbons (Fsp3) is 0.529. The van der Waals surface area contributed by atoms with E-state index in [9.17, 15) is 4.79 Å². The van der Waals surface area contributed by atoms with E-state index < -0.39 is 0 Å². The van der Waals surface area contributed by atoms with Gasteiger partial charge < -0.3 is 15.0 Å². The number of nitrogens with one attached hydrogen (secondary N) is 1. The van der Waals surface area contributed by atoms with Crippen LogP contribution in [0.3, 0.4) is 0 Å². The SMILES string of the molecule is C[C@H]1[C@H]2NC(=O)N(c3nc4c5c(ccc4s3)OCC5)C2CCN1C. The molecule has 0 aliphatic carbocycles. The van der Waals surface area contributed by atoms with Crippen molar-refractivity contribution in [2.24, 2.45) is 0 Å². The molecular weight excluding hydrogens is 324 g/mol. The van der Waals surface area contributed by atoms with E-state index in [2.05, 4.69) is 30.3 Å². The number of carbonyl (C=O) groups excluding carboxylic acids is 1.